The number of hydrogen-bond donors (Lipinski definition) is 2. The first-order valence-electron chi connectivity index (χ1n) is 10.1. The van der Waals surface area contributed by atoms with Crippen molar-refractivity contribution in [2.45, 2.75) is 31.8 Å². The molecule has 0 radical (unpaired) electrons. The second kappa shape index (κ2) is 10.7. The van der Waals surface area contributed by atoms with Crippen molar-refractivity contribution in [2.75, 3.05) is 19.6 Å². The maximum absolute atomic E-state index is 12.2. The number of rotatable bonds is 8. The summed E-state index contributed by atoms with van der Waals surface area (Å²) in [7, 11) is 0. The Morgan fingerprint density at radius 2 is 1.78 bits per heavy atom. The molecule has 10 heteroatoms. The molecular weight excluding hydrogens is 447 g/mol. The Hall–Kier alpha value is -2.78. The molecule has 2 amide bonds. The van der Waals surface area contributed by atoms with E-state index in [4.69, 9.17) is 11.6 Å². The van der Waals surface area contributed by atoms with Gasteiger partial charge in [-0.2, -0.15) is 0 Å². The SMILES string of the molecule is O=C(CCNC(=O)c1ccc(OC(F)(F)F)cc1)N[C@@H]1CCN(Cc2ccc(Cl)cc2)C1. The molecule has 2 aromatic rings. The van der Waals surface area contributed by atoms with E-state index in [2.05, 4.69) is 20.3 Å². The van der Waals surface area contributed by atoms with Gasteiger partial charge in [0.05, 0.1) is 0 Å². The molecule has 1 saturated heterocycles. The van der Waals surface area contributed by atoms with Gasteiger partial charge in [-0.3, -0.25) is 14.5 Å². The molecule has 0 aliphatic carbocycles. The lowest BCUT2D eigenvalue weighted by Gasteiger charge is -2.17. The summed E-state index contributed by atoms with van der Waals surface area (Å²) in [6.45, 7) is 2.52. The normalized spacial score (nSPS) is 16.6. The largest absolute Gasteiger partial charge is 0.573 e. The van der Waals surface area contributed by atoms with E-state index in [0.29, 0.717) is 5.02 Å². The van der Waals surface area contributed by atoms with Gasteiger partial charge < -0.3 is 15.4 Å². The molecule has 0 spiro atoms. The zero-order chi connectivity index (χ0) is 23.1. The molecule has 1 fully saturated rings. The number of amides is 2. The Kier molecular flexibility index (Phi) is 7.98. The number of ether oxygens (including phenoxy) is 1. The number of alkyl halides is 3. The maximum atomic E-state index is 12.2. The zero-order valence-corrected chi connectivity index (χ0v) is 17.9. The number of carbonyl (C=O) groups is 2. The molecule has 172 valence electrons. The summed E-state index contributed by atoms with van der Waals surface area (Å²) in [4.78, 5) is 26.5. The summed E-state index contributed by atoms with van der Waals surface area (Å²) in [6.07, 6.45) is -3.84. The average Bonchev–Trinajstić information content (AvgIpc) is 3.15. The van der Waals surface area contributed by atoms with Crippen molar-refractivity contribution in [1.82, 2.24) is 15.5 Å². The van der Waals surface area contributed by atoms with Gasteiger partial charge in [0.2, 0.25) is 5.91 Å². The maximum Gasteiger partial charge on any atom is 0.573 e. The van der Waals surface area contributed by atoms with Crippen LogP contribution in [0.5, 0.6) is 5.75 Å². The van der Waals surface area contributed by atoms with E-state index in [9.17, 15) is 22.8 Å². The second-order valence-corrected chi connectivity index (χ2v) is 7.93. The molecule has 1 heterocycles. The first-order valence-corrected chi connectivity index (χ1v) is 10.5. The predicted octanol–water partition coefficient (Wildman–Crippen LogP) is 3.75. The fourth-order valence-electron chi connectivity index (χ4n) is 3.44. The highest BCUT2D eigenvalue weighted by Gasteiger charge is 2.31. The number of hydrogen-bond acceptors (Lipinski definition) is 4. The Morgan fingerprint density at radius 1 is 1.09 bits per heavy atom. The van der Waals surface area contributed by atoms with Gasteiger partial charge in [0, 0.05) is 49.2 Å². The Labute approximate surface area is 188 Å². The predicted molar refractivity (Wildman–Crippen MR) is 113 cm³/mol. The van der Waals surface area contributed by atoms with Crippen molar-refractivity contribution < 1.29 is 27.5 Å². The highest BCUT2D eigenvalue weighted by molar-refractivity contribution is 6.30. The number of halogens is 4. The Balaban J connectivity index is 1.35. The minimum absolute atomic E-state index is 0.0479. The smallest absolute Gasteiger partial charge is 0.406 e. The van der Waals surface area contributed by atoms with Crippen LogP contribution >= 0.6 is 11.6 Å². The molecule has 0 saturated carbocycles. The van der Waals surface area contributed by atoms with Crippen LogP contribution in [0.15, 0.2) is 48.5 Å². The van der Waals surface area contributed by atoms with Crippen LogP contribution in [-0.4, -0.2) is 48.8 Å². The summed E-state index contributed by atoms with van der Waals surface area (Å²) >= 11 is 5.90. The average molecular weight is 470 g/mol. The fourth-order valence-corrected chi connectivity index (χ4v) is 3.57. The lowest BCUT2D eigenvalue weighted by Crippen LogP contribution is -2.38. The molecule has 0 unspecified atom stereocenters. The Morgan fingerprint density at radius 3 is 2.44 bits per heavy atom. The van der Waals surface area contributed by atoms with Crippen LogP contribution in [-0.2, 0) is 11.3 Å². The van der Waals surface area contributed by atoms with E-state index < -0.39 is 18.0 Å². The third-order valence-electron chi connectivity index (χ3n) is 4.94. The standard InChI is InChI=1S/C22H23ClF3N3O3/c23-17-5-1-15(2-6-17)13-29-12-10-18(14-29)28-20(30)9-11-27-21(31)16-3-7-19(8-4-16)32-22(24,25)26/h1-8,18H,9-14H2,(H,27,31)(H,28,30)/t18-/m1/s1. The van der Waals surface area contributed by atoms with Crippen molar-refractivity contribution in [1.29, 1.82) is 0 Å². The zero-order valence-electron chi connectivity index (χ0n) is 17.1. The van der Waals surface area contributed by atoms with Gasteiger partial charge in [-0.15, -0.1) is 13.2 Å². The van der Waals surface area contributed by atoms with Gasteiger partial charge in [-0.1, -0.05) is 23.7 Å². The van der Waals surface area contributed by atoms with E-state index in [0.717, 1.165) is 43.8 Å². The van der Waals surface area contributed by atoms with Gasteiger partial charge in [0.25, 0.3) is 5.91 Å². The van der Waals surface area contributed by atoms with Crippen LogP contribution in [0.25, 0.3) is 0 Å². The summed E-state index contributed by atoms with van der Waals surface area (Å²) < 4.78 is 40.3. The van der Waals surface area contributed by atoms with Crippen LogP contribution in [0.1, 0.15) is 28.8 Å². The number of carbonyl (C=O) groups excluding carboxylic acids is 2. The molecule has 3 rings (SSSR count). The van der Waals surface area contributed by atoms with Crippen LogP contribution in [0.2, 0.25) is 5.02 Å². The summed E-state index contributed by atoms with van der Waals surface area (Å²) in [5.74, 6) is -1.06. The van der Waals surface area contributed by atoms with Crippen molar-refractivity contribution in [2.24, 2.45) is 0 Å². The summed E-state index contributed by atoms with van der Waals surface area (Å²) in [6, 6.07) is 12.3. The quantitative estimate of drug-likeness (QED) is 0.618. The van der Waals surface area contributed by atoms with Gasteiger partial charge in [-0.05, 0) is 48.4 Å². The molecule has 1 atom stereocenters. The highest BCUT2D eigenvalue weighted by atomic mass is 35.5. The van der Waals surface area contributed by atoms with Crippen LogP contribution in [0.4, 0.5) is 13.2 Å². The lowest BCUT2D eigenvalue weighted by molar-refractivity contribution is -0.274. The van der Waals surface area contributed by atoms with Gasteiger partial charge >= 0.3 is 6.36 Å². The topological polar surface area (TPSA) is 70.7 Å². The van der Waals surface area contributed by atoms with Gasteiger partial charge in [0.15, 0.2) is 0 Å². The van der Waals surface area contributed by atoms with E-state index in [1.165, 1.54) is 12.1 Å². The first kappa shape index (κ1) is 23.9. The Bertz CT molecular complexity index is 921. The van der Waals surface area contributed by atoms with E-state index in [1.54, 1.807) is 0 Å². The van der Waals surface area contributed by atoms with Crippen molar-refractivity contribution in [3.63, 3.8) is 0 Å². The van der Waals surface area contributed by atoms with Crippen molar-refractivity contribution in [3.05, 3.63) is 64.7 Å². The number of benzene rings is 2. The lowest BCUT2D eigenvalue weighted by atomic mass is 10.2. The minimum atomic E-state index is -4.79. The molecule has 2 N–H and O–H groups in total. The number of likely N-dealkylation sites (tertiary alicyclic amines) is 1. The molecule has 32 heavy (non-hydrogen) atoms. The van der Waals surface area contributed by atoms with Crippen LogP contribution < -0.4 is 15.4 Å². The van der Waals surface area contributed by atoms with E-state index in [1.807, 2.05) is 24.3 Å². The van der Waals surface area contributed by atoms with E-state index >= 15 is 0 Å². The van der Waals surface area contributed by atoms with Crippen molar-refractivity contribution >= 4 is 23.4 Å². The highest BCUT2D eigenvalue weighted by Crippen LogP contribution is 2.22. The van der Waals surface area contributed by atoms with Crippen LogP contribution in [0, 0.1) is 0 Å². The molecular formula is C22H23ClF3N3O3. The van der Waals surface area contributed by atoms with Gasteiger partial charge in [0.1, 0.15) is 5.75 Å². The summed E-state index contributed by atoms with van der Waals surface area (Å²) in [5.41, 5.74) is 1.33. The number of nitrogens with zero attached hydrogens (tertiary/aromatic N) is 1. The van der Waals surface area contributed by atoms with E-state index in [-0.39, 0.29) is 30.5 Å². The fraction of sp³-hybridized carbons (Fsp3) is 0.364. The minimum Gasteiger partial charge on any atom is -0.406 e. The monoisotopic (exact) mass is 469 g/mol. The molecule has 0 bridgehead atoms. The van der Waals surface area contributed by atoms with Gasteiger partial charge in [-0.25, -0.2) is 0 Å². The summed E-state index contributed by atoms with van der Waals surface area (Å²) in [5, 5.41) is 6.25. The molecule has 6 nitrogen and oxygen atoms in total. The molecule has 2 aromatic carbocycles. The third kappa shape index (κ3) is 7.72. The molecule has 1 aliphatic rings. The molecule has 1 aliphatic heterocycles. The van der Waals surface area contributed by atoms with Crippen LogP contribution in [0.3, 0.4) is 0 Å². The molecule has 0 aromatic heterocycles. The second-order valence-electron chi connectivity index (χ2n) is 7.49. The van der Waals surface area contributed by atoms with Crippen molar-refractivity contribution in [3.8, 4) is 5.75 Å². The number of nitrogens with one attached hydrogen (secondary N) is 2. The first-order chi connectivity index (χ1) is 15.2. The third-order valence-corrected chi connectivity index (χ3v) is 5.20.